The van der Waals surface area contributed by atoms with Crippen molar-refractivity contribution in [3.8, 4) is 0 Å². The summed E-state index contributed by atoms with van der Waals surface area (Å²) in [5, 5.41) is 3.56. The Labute approximate surface area is 124 Å². The van der Waals surface area contributed by atoms with Crippen LogP contribution in [0.25, 0.3) is 11.0 Å². The smallest absolute Gasteiger partial charge is 0.0958 e. The molecule has 3 aromatic rings. The van der Waals surface area contributed by atoms with Gasteiger partial charge in [-0.05, 0) is 36.7 Å². The Morgan fingerprint density at radius 2 is 2.10 bits per heavy atom. The van der Waals surface area contributed by atoms with Crippen molar-refractivity contribution in [1.29, 1.82) is 0 Å². The summed E-state index contributed by atoms with van der Waals surface area (Å²) < 4.78 is 2.22. The van der Waals surface area contributed by atoms with Gasteiger partial charge in [-0.2, -0.15) is 0 Å². The maximum atomic E-state index is 4.46. The monoisotopic (exact) mass is 280 g/mol. The van der Waals surface area contributed by atoms with Crippen molar-refractivity contribution in [2.75, 3.05) is 6.54 Å². The predicted molar refractivity (Wildman–Crippen MR) is 85.1 cm³/mol. The Bertz CT molecular complexity index is 690. The van der Waals surface area contributed by atoms with Gasteiger partial charge in [-0.15, -0.1) is 0 Å². The third-order valence-electron chi connectivity index (χ3n) is 3.64. The summed E-state index contributed by atoms with van der Waals surface area (Å²) in [6, 6.07) is 12.7. The number of para-hydroxylation sites is 2. The van der Waals surface area contributed by atoms with E-state index in [2.05, 4.69) is 51.0 Å². The van der Waals surface area contributed by atoms with Gasteiger partial charge >= 0.3 is 0 Å². The number of rotatable bonds is 6. The van der Waals surface area contributed by atoms with E-state index in [1.165, 1.54) is 11.1 Å². The number of nitrogens with one attached hydrogen (secondary N) is 1. The van der Waals surface area contributed by atoms with Gasteiger partial charge in [0.05, 0.1) is 17.4 Å². The van der Waals surface area contributed by atoms with E-state index in [0.29, 0.717) is 6.04 Å². The number of nitrogens with zero attached hydrogens (tertiary/aromatic N) is 3. The van der Waals surface area contributed by atoms with E-state index in [9.17, 15) is 0 Å². The van der Waals surface area contributed by atoms with Gasteiger partial charge in [-0.1, -0.05) is 25.1 Å². The van der Waals surface area contributed by atoms with Crippen LogP contribution in [0.2, 0.25) is 0 Å². The minimum Gasteiger partial charge on any atom is -0.329 e. The molecule has 0 saturated carbocycles. The third kappa shape index (κ3) is 3.28. The van der Waals surface area contributed by atoms with E-state index < -0.39 is 0 Å². The predicted octanol–water partition coefficient (Wildman–Crippen LogP) is 2.65. The van der Waals surface area contributed by atoms with Gasteiger partial charge in [0, 0.05) is 25.0 Å². The maximum absolute atomic E-state index is 4.46. The van der Waals surface area contributed by atoms with Crippen LogP contribution < -0.4 is 5.32 Å². The molecule has 21 heavy (non-hydrogen) atoms. The molecule has 0 aliphatic carbocycles. The van der Waals surface area contributed by atoms with Gasteiger partial charge in [-0.25, -0.2) is 4.98 Å². The molecular formula is C17H20N4. The fourth-order valence-electron chi connectivity index (χ4n) is 2.69. The number of benzene rings is 1. The largest absolute Gasteiger partial charge is 0.329 e. The van der Waals surface area contributed by atoms with Crippen molar-refractivity contribution in [1.82, 2.24) is 19.9 Å². The average Bonchev–Trinajstić information content (AvgIpc) is 2.92. The molecule has 1 atom stereocenters. The second kappa shape index (κ2) is 6.50. The zero-order valence-corrected chi connectivity index (χ0v) is 12.2. The van der Waals surface area contributed by atoms with Gasteiger partial charge in [0.1, 0.15) is 0 Å². The van der Waals surface area contributed by atoms with E-state index in [1.54, 1.807) is 0 Å². The summed E-state index contributed by atoms with van der Waals surface area (Å²) in [6.45, 7) is 4.00. The van der Waals surface area contributed by atoms with Crippen LogP contribution in [-0.4, -0.2) is 27.1 Å². The number of aromatic nitrogens is 3. The molecule has 4 nitrogen and oxygen atoms in total. The fourth-order valence-corrected chi connectivity index (χ4v) is 2.69. The van der Waals surface area contributed by atoms with Crippen molar-refractivity contribution in [3.05, 3.63) is 60.7 Å². The number of hydrogen-bond acceptors (Lipinski definition) is 3. The summed E-state index contributed by atoms with van der Waals surface area (Å²) in [5.74, 6) is 0. The van der Waals surface area contributed by atoms with Crippen LogP contribution in [0, 0.1) is 0 Å². The Kier molecular flexibility index (Phi) is 4.26. The molecule has 0 bridgehead atoms. The van der Waals surface area contributed by atoms with Crippen molar-refractivity contribution < 1.29 is 0 Å². The molecule has 4 heteroatoms. The van der Waals surface area contributed by atoms with Gasteiger partial charge in [0.25, 0.3) is 0 Å². The Hall–Kier alpha value is -2.20. The van der Waals surface area contributed by atoms with Crippen LogP contribution in [0.1, 0.15) is 12.5 Å². The highest BCUT2D eigenvalue weighted by Crippen LogP contribution is 2.13. The first-order valence-corrected chi connectivity index (χ1v) is 7.39. The van der Waals surface area contributed by atoms with Crippen LogP contribution in [0.4, 0.5) is 0 Å². The van der Waals surface area contributed by atoms with E-state index in [1.807, 2.05) is 30.9 Å². The van der Waals surface area contributed by atoms with Crippen molar-refractivity contribution in [2.45, 2.75) is 25.9 Å². The SMILES string of the molecule is CCNC(Cc1cccnc1)Cn1cnc2ccccc21. The van der Waals surface area contributed by atoms with E-state index in [4.69, 9.17) is 0 Å². The first-order chi connectivity index (χ1) is 10.4. The van der Waals surface area contributed by atoms with Crippen molar-refractivity contribution >= 4 is 11.0 Å². The third-order valence-corrected chi connectivity index (χ3v) is 3.64. The molecule has 1 aromatic carbocycles. The minimum atomic E-state index is 0.372. The number of imidazole rings is 1. The lowest BCUT2D eigenvalue weighted by atomic mass is 10.1. The summed E-state index contributed by atoms with van der Waals surface area (Å²) >= 11 is 0. The van der Waals surface area contributed by atoms with Crippen LogP contribution in [-0.2, 0) is 13.0 Å². The second-order valence-electron chi connectivity index (χ2n) is 5.21. The van der Waals surface area contributed by atoms with Gasteiger partial charge in [0.2, 0.25) is 0 Å². The highest BCUT2D eigenvalue weighted by atomic mass is 15.1. The molecule has 0 amide bonds. The first kappa shape index (κ1) is 13.8. The quantitative estimate of drug-likeness (QED) is 0.755. The number of hydrogen-bond donors (Lipinski definition) is 1. The van der Waals surface area contributed by atoms with E-state index in [0.717, 1.165) is 25.0 Å². The van der Waals surface area contributed by atoms with Crippen LogP contribution in [0.15, 0.2) is 55.1 Å². The van der Waals surface area contributed by atoms with Crippen molar-refractivity contribution in [2.24, 2.45) is 0 Å². The molecule has 0 aliphatic rings. The standard InChI is InChI=1S/C17H20N4/c1-2-19-15(10-14-6-5-9-18-11-14)12-21-13-20-16-7-3-4-8-17(16)21/h3-9,11,13,15,19H,2,10,12H2,1H3. The molecule has 0 aliphatic heterocycles. The highest BCUT2D eigenvalue weighted by Gasteiger charge is 2.11. The van der Waals surface area contributed by atoms with E-state index in [-0.39, 0.29) is 0 Å². The summed E-state index contributed by atoms with van der Waals surface area (Å²) in [7, 11) is 0. The molecule has 2 aromatic heterocycles. The molecule has 0 fully saturated rings. The molecule has 3 rings (SSSR count). The molecular weight excluding hydrogens is 260 g/mol. The average molecular weight is 280 g/mol. The van der Waals surface area contributed by atoms with Crippen LogP contribution >= 0.6 is 0 Å². The lowest BCUT2D eigenvalue weighted by Crippen LogP contribution is -2.35. The van der Waals surface area contributed by atoms with Crippen LogP contribution in [0.3, 0.4) is 0 Å². The highest BCUT2D eigenvalue weighted by molar-refractivity contribution is 5.74. The Balaban J connectivity index is 1.78. The molecule has 1 N–H and O–H groups in total. The minimum absolute atomic E-state index is 0.372. The number of pyridine rings is 1. The summed E-state index contributed by atoms with van der Waals surface area (Å²) in [5.41, 5.74) is 3.49. The summed E-state index contributed by atoms with van der Waals surface area (Å²) in [6.07, 6.45) is 6.65. The lowest BCUT2D eigenvalue weighted by Gasteiger charge is -2.19. The molecule has 1 unspecified atom stereocenters. The van der Waals surface area contributed by atoms with Gasteiger partial charge < -0.3 is 9.88 Å². The molecule has 108 valence electrons. The second-order valence-corrected chi connectivity index (χ2v) is 5.21. The first-order valence-electron chi connectivity index (χ1n) is 7.39. The maximum Gasteiger partial charge on any atom is 0.0958 e. The topological polar surface area (TPSA) is 42.7 Å². The molecule has 0 spiro atoms. The number of likely N-dealkylation sites (N-methyl/N-ethyl adjacent to an activating group) is 1. The zero-order valence-electron chi connectivity index (χ0n) is 12.2. The van der Waals surface area contributed by atoms with Crippen molar-refractivity contribution in [3.63, 3.8) is 0 Å². The Morgan fingerprint density at radius 3 is 2.90 bits per heavy atom. The molecule has 0 radical (unpaired) electrons. The molecule has 2 heterocycles. The van der Waals surface area contributed by atoms with Gasteiger partial charge in [0.15, 0.2) is 0 Å². The van der Waals surface area contributed by atoms with Crippen LogP contribution in [0.5, 0.6) is 0 Å². The summed E-state index contributed by atoms with van der Waals surface area (Å²) in [4.78, 5) is 8.66. The lowest BCUT2D eigenvalue weighted by molar-refractivity contribution is 0.460. The fraction of sp³-hybridized carbons (Fsp3) is 0.294. The normalized spacial score (nSPS) is 12.6. The van der Waals surface area contributed by atoms with Gasteiger partial charge in [-0.3, -0.25) is 4.98 Å². The number of fused-ring (bicyclic) bond motifs is 1. The van der Waals surface area contributed by atoms with E-state index >= 15 is 0 Å². The Morgan fingerprint density at radius 1 is 1.19 bits per heavy atom. The zero-order chi connectivity index (χ0) is 14.5. The molecule has 0 saturated heterocycles.